The minimum absolute atomic E-state index is 0.0255. The molecule has 0 saturated carbocycles. The topological polar surface area (TPSA) is 81.3 Å². The highest BCUT2D eigenvalue weighted by Gasteiger charge is 2.40. The summed E-state index contributed by atoms with van der Waals surface area (Å²) < 4.78 is 10.5. The standard InChI is InChI=1S/C14H18N2O3/c1-9(15)4-5-14(7-18-8-14)10-2-3-11-12(6-10)19-13(17)16-11/h2-3,6,9H,4-5,7-8,15H2,1H3,(H,16,17). The first-order chi connectivity index (χ1) is 9.09. The second kappa shape index (κ2) is 4.51. The zero-order valence-electron chi connectivity index (χ0n) is 10.9. The van der Waals surface area contributed by atoms with Crippen LogP contribution in [0.5, 0.6) is 0 Å². The fourth-order valence-electron chi connectivity index (χ4n) is 2.58. The fraction of sp³-hybridized carbons (Fsp3) is 0.500. The van der Waals surface area contributed by atoms with E-state index >= 15 is 0 Å². The summed E-state index contributed by atoms with van der Waals surface area (Å²) >= 11 is 0. The van der Waals surface area contributed by atoms with Crippen LogP contribution in [0.25, 0.3) is 11.1 Å². The molecule has 1 saturated heterocycles. The molecule has 0 amide bonds. The van der Waals surface area contributed by atoms with Gasteiger partial charge < -0.3 is 14.9 Å². The predicted octanol–water partition coefficient (Wildman–Crippen LogP) is 1.52. The number of oxazole rings is 1. The summed E-state index contributed by atoms with van der Waals surface area (Å²) in [5.74, 6) is -0.415. The van der Waals surface area contributed by atoms with Gasteiger partial charge in [-0.1, -0.05) is 6.07 Å². The minimum atomic E-state index is -0.415. The molecule has 0 spiro atoms. The minimum Gasteiger partial charge on any atom is -0.408 e. The first-order valence-electron chi connectivity index (χ1n) is 6.56. The molecule has 5 heteroatoms. The Bertz CT molecular complexity index is 637. The second-order valence-electron chi connectivity index (χ2n) is 5.51. The van der Waals surface area contributed by atoms with Crippen molar-refractivity contribution in [2.45, 2.75) is 31.2 Å². The number of ether oxygens (including phenoxy) is 1. The lowest BCUT2D eigenvalue weighted by atomic mass is 9.74. The van der Waals surface area contributed by atoms with Crippen LogP contribution in [0.15, 0.2) is 27.4 Å². The molecular formula is C14H18N2O3. The molecule has 1 aliphatic heterocycles. The Morgan fingerprint density at radius 3 is 2.89 bits per heavy atom. The zero-order chi connectivity index (χ0) is 13.5. The lowest BCUT2D eigenvalue weighted by molar-refractivity contribution is -0.0656. The van der Waals surface area contributed by atoms with Gasteiger partial charge >= 0.3 is 5.76 Å². The number of rotatable bonds is 4. The predicted molar refractivity (Wildman–Crippen MR) is 72.2 cm³/mol. The van der Waals surface area contributed by atoms with Gasteiger partial charge in [-0.05, 0) is 37.5 Å². The van der Waals surface area contributed by atoms with Crippen molar-refractivity contribution in [3.63, 3.8) is 0 Å². The van der Waals surface area contributed by atoms with Crippen LogP contribution in [-0.4, -0.2) is 24.2 Å². The number of fused-ring (bicyclic) bond motifs is 1. The molecule has 2 aromatic rings. The fourth-order valence-corrected chi connectivity index (χ4v) is 2.58. The first-order valence-corrected chi connectivity index (χ1v) is 6.56. The molecule has 3 N–H and O–H groups in total. The van der Waals surface area contributed by atoms with E-state index in [-0.39, 0.29) is 11.5 Å². The van der Waals surface area contributed by atoms with Gasteiger partial charge in [-0.3, -0.25) is 4.98 Å². The van der Waals surface area contributed by atoms with Crippen molar-refractivity contribution in [2.24, 2.45) is 5.73 Å². The van der Waals surface area contributed by atoms with Crippen LogP contribution in [-0.2, 0) is 10.2 Å². The zero-order valence-corrected chi connectivity index (χ0v) is 10.9. The normalized spacial score (nSPS) is 19.3. The van der Waals surface area contributed by atoms with Crippen LogP contribution in [0.4, 0.5) is 0 Å². The largest absolute Gasteiger partial charge is 0.417 e. The summed E-state index contributed by atoms with van der Waals surface area (Å²) in [6.45, 7) is 3.43. The van der Waals surface area contributed by atoms with E-state index < -0.39 is 5.76 Å². The van der Waals surface area contributed by atoms with Gasteiger partial charge in [0, 0.05) is 11.5 Å². The Morgan fingerprint density at radius 1 is 1.47 bits per heavy atom. The molecule has 0 bridgehead atoms. The maximum absolute atomic E-state index is 11.2. The van der Waals surface area contributed by atoms with E-state index in [4.69, 9.17) is 14.9 Å². The molecule has 1 unspecified atom stereocenters. The summed E-state index contributed by atoms with van der Waals surface area (Å²) in [6, 6.07) is 6.06. The third-order valence-corrected chi connectivity index (χ3v) is 3.87. The van der Waals surface area contributed by atoms with Crippen LogP contribution in [0, 0.1) is 0 Å². The van der Waals surface area contributed by atoms with Crippen LogP contribution in [0.1, 0.15) is 25.3 Å². The third-order valence-electron chi connectivity index (χ3n) is 3.87. The molecule has 1 aliphatic rings. The van der Waals surface area contributed by atoms with Crippen LogP contribution in [0.3, 0.4) is 0 Å². The first kappa shape index (κ1) is 12.4. The summed E-state index contributed by atoms with van der Waals surface area (Å²) in [5.41, 5.74) is 8.37. The number of aromatic nitrogens is 1. The van der Waals surface area contributed by atoms with E-state index in [1.165, 1.54) is 0 Å². The van der Waals surface area contributed by atoms with Gasteiger partial charge in [-0.2, -0.15) is 0 Å². The second-order valence-corrected chi connectivity index (χ2v) is 5.51. The summed E-state index contributed by atoms with van der Waals surface area (Å²) in [5, 5.41) is 0. The van der Waals surface area contributed by atoms with Gasteiger partial charge in [-0.25, -0.2) is 4.79 Å². The van der Waals surface area contributed by atoms with Crippen LogP contribution < -0.4 is 11.5 Å². The van der Waals surface area contributed by atoms with Gasteiger partial charge in [0.1, 0.15) is 0 Å². The molecular weight excluding hydrogens is 244 g/mol. The quantitative estimate of drug-likeness (QED) is 0.875. The van der Waals surface area contributed by atoms with Gasteiger partial charge in [0.05, 0.1) is 18.7 Å². The molecule has 1 aromatic carbocycles. The van der Waals surface area contributed by atoms with Crippen molar-refractivity contribution in [1.82, 2.24) is 4.98 Å². The van der Waals surface area contributed by atoms with Crippen molar-refractivity contribution < 1.29 is 9.15 Å². The van der Waals surface area contributed by atoms with Crippen molar-refractivity contribution in [3.8, 4) is 0 Å². The molecule has 5 nitrogen and oxygen atoms in total. The van der Waals surface area contributed by atoms with E-state index in [9.17, 15) is 4.79 Å². The lowest BCUT2D eigenvalue weighted by Crippen LogP contribution is -2.47. The van der Waals surface area contributed by atoms with Gasteiger partial charge in [0.15, 0.2) is 5.58 Å². The number of hydrogen-bond donors (Lipinski definition) is 2. The average Bonchev–Trinajstić information content (AvgIpc) is 2.66. The van der Waals surface area contributed by atoms with Crippen molar-refractivity contribution in [1.29, 1.82) is 0 Å². The Labute approximate surface area is 110 Å². The molecule has 1 aromatic heterocycles. The van der Waals surface area contributed by atoms with E-state index in [2.05, 4.69) is 4.98 Å². The Morgan fingerprint density at radius 2 is 2.26 bits per heavy atom. The Balaban J connectivity index is 1.94. The highest BCUT2D eigenvalue weighted by atomic mass is 16.5. The molecule has 0 radical (unpaired) electrons. The average molecular weight is 262 g/mol. The van der Waals surface area contributed by atoms with E-state index in [0.717, 1.165) is 23.9 Å². The van der Waals surface area contributed by atoms with E-state index in [0.29, 0.717) is 18.8 Å². The lowest BCUT2D eigenvalue weighted by Gasteiger charge is -2.42. The van der Waals surface area contributed by atoms with Crippen molar-refractivity contribution in [3.05, 3.63) is 34.3 Å². The highest BCUT2D eigenvalue weighted by molar-refractivity contribution is 5.73. The van der Waals surface area contributed by atoms with E-state index in [1.54, 1.807) is 0 Å². The number of H-pyrrole nitrogens is 1. The molecule has 1 atom stereocenters. The molecule has 2 heterocycles. The maximum Gasteiger partial charge on any atom is 0.417 e. The number of benzene rings is 1. The number of hydrogen-bond acceptors (Lipinski definition) is 4. The molecule has 3 rings (SSSR count). The number of aromatic amines is 1. The summed E-state index contributed by atoms with van der Waals surface area (Å²) in [4.78, 5) is 13.8. The highest BCUT2D eigenvalue weighted by Crippen LogP contribution is 2.38. The third kappa shape index (κ3) is 2.19. The number of nitrogens with two attached hydrogens (primary N) is 1. The molecule has 102 valence electrons. The van der Waals surface area contributed by atoms with Gasteiger partial charge in [0.25, 0.3) is 0 Å². The van der Waals surface area contributed by atoms with Crippen molar-refractivity contribution >= 4 is 11.1 Å². The Kier molecular flexibility index (Phi) is 2.95. The SMILES string of the molecule is CC(N)CCC1(c2ccc3[nH]c(=O)oc3c2)COC1. The van der Waals surface area contributed by atoms with Crippen molar-refractivity contribution in [2.75, 3.05) is 13.2 Å². The van der Waals surface area contributed by atoms with Gasteiger partial charge in [0.2, 0.25) is 0 Å². The molecule has 19 heavy (non-hydrogen) atoms. The maximum atomic E-state index is 11.2. The number of nitrogens with one attached hydrogen (secondary N) is 1. The summed E-state index contributed by atoms with van der Waals surface area (Å²) in [6.07, 6.45) is 1.95. The van der Waals surface area contributed by atoms with Gasteiger partial charge in [-0.15, -0.1) is 0 Å². The summed E-state index contributed by atoms with van der Waals surface area (Å²) in [7, 11) is 0. The molecule has 0 aliphatic carbocycles. The van der Waals surface area contributed by atoms with Crippen LogP contribution in [0.2, 0.25) is 0 Å². The monoisotopic (exact) mass is 262 g/mol. The molecule has 1 fully saturated rings. The van der Waals surface area contributed by atoms with E-state index in [1.807, 2.05) is 25.1 Å². The van der Waals surface area contributed by atoms with Crippen LogP contribution >= 0.6 is 0 Å². The smallest absolute Gasteiger partial charge is 0.408 e. The Hall–Kier alpha value is -1.59.